The molecule has 2 N–H and O–H groups in total. The molecule has 3 aromatic carbocycles. The number of imidazole rings is 1. The standard InChI is InChI=1S/C28H29ClN4/c1-20-26(32-28(31-20)23-12-14-24(29)15-13-23)27(33-18-16-30-17-19-33)25(21-8-4-2-5-9-21)22-10-6-3-7-11-22/h2-15,25,27,30H,16-19H2,1H3,(H,31,32). The monoisotopic (exact) mass is 456 g/mol. The Morgan fingerprint density at radius 3 is 1.97 bits per heavy atom. The van der Waals surface area contributed by atoms with Gasteiger partial charge in [0, 0.05) is 48.4 Å². The minimum absolute atomic E-state index is 0.120. The number of nitrogens with zero attached hydrogens (tertiary/aromatic N) is 2. The molecule has 0 saturated carbocycles. The van der Waals surface area contributed by atoms with Crippen LogP contribution in [0.25, 0.3) is 11.4 Å². The van der Waals surface area contributed by atoms with Gasteiger partial charge in [0.1, 0.15) is 5.82 Å². The Morgan fingerprint density at radius 1 is 0.818 bits per heavy atom. The predicted octanol–water partition coefficient (Wildman–Crippen LogP) is 5.82. The van der Waals surface area contributed by atoms with E-state index in [2.05, 4.69) is 82.8 Å². The third-order valence-electron chi connectivity index (χ3n) is 6.50. The smallest absolute Gasteiger partial charge is 0.137 e. The van der Waals surface area contributed by atoms with Gasteiger partial charge in [0.15, 0.2) is 0 Å². The molecule has 168 valence electrons. The van der Waals surface area contributed by atoms with Gasteiger partial charge in [-0.3, -0.25) is 4.90 Å². The van der Waals surface area contributed by atoms with Gasteiger partial charge in [-0.2, -0.15) is 0 Å². The molecule has 0 spiro atoms. The van der Waals surface area contributed by atoms with Crippen LogP contribution in [-0.4, -0.2) is 41.0 Å². The zero-order valence-electron chi connectivity index (χ0n) is 18.8. The van der Waals surface area contributed by atoms with Crippen LogP contribution in [0.5, 0.6) is 0 Å². The maximum atomic E-state index is 6.12. The molecule has 1 aliphatic heterocycles. The quantitative estimate of drug-likeness (QED) is 0.384. The van der Waals surface area contributed by atoms with Crippen molar-refractivity contribution in [2.24, 2.45) is 0 Å². The zero-order valence-corrected chi connectivity index (χ0v) is 19.6. The fraction of sp³-hybridized carbons (Fsp3) is 0.250. The van der Waals surface area contributed by atoms with E-state index in [4.69, 9.17) is 16.6 Å². The second-order valence-electron chi connectivity index (χ2n) is 8.63. The summed E-state index contributed by atoms with van der Waals surface area (Å²) in [5, 5.41) is 4.24. The topological polar surface area (TPSA) is 44.0 Å². The number of benzene rings is 3. The summed E-state index contributed by atoms with van der Waals surface area (Å²) in [6.07, 6.45) is 0. The van der Waals surface area contributed by atoms with Crippen molar-refractivity contribution >= 4 is 11.6 Å². The number of aromatic amines is 1. The van der Waals surface area contributed by atoms with Crippen molar-refractivity contribution in [2.45, 2.75) is 18.9 Å². The number of aromatic nitrogens is 2. The van der Waals surface area contributed by atoms with Gasteiger partial charge in [-0.15, -0.1) is 0 Å². The van der Waals surface area contributed by atoms with Gasteiger partial charge in [-0.05, 0) is 42.3 Å². The zero-order chi connectivity index (χ0) is 22.6. The number of rotatable bonds is 6. The number of hydrogen-bond acceptors (Lipinski definition) is 3. The van der Waals surface area contributed by atoms with Crippen LogP contribution in [0.3, 0.4) is 0 Å². The number of halogens is 1. The normalized spacial score (nSPS) is 15.6. The largest absolute Gasteiger partial charge is 0.342 e. The van der Waals surface area contributed by atoms with Gasteiger partial charge >= 0.3 is 0 Å². The maximum absolute atomic E-state index is 6.12. The Kier molecular flexibility index (Phi) is 6.58. The highest BCUT2D eigenvalue weighted by molar-refractivity contribution is 6.30. The number of nitrogens with one attached hydrogen (secondary N) is 2. The van der Waals surface area contributed by atoms with Crippen LogP contribution >= 0.6 is 11.6 Å². The molecule has 0 aliphatic carbocycles. The summed E-state index contributed by atoms with van der Waals surface area (Å²) in [5.74, 6) is 1.06. The molecular formula is C28H29ClN4. The first kappa shape index (κ1) is 21.9. The van der Waals surface area contributed by atoms with E-state index in [1.165, 1.54) is 11.1 Å². The van der Waals surface area contributed by atoms with Crippen molar-refractivity contribution in [3.8, 4) is 11.4 Å². The molecular weight excluding hydrogens is 428 g/mol. The average molecular weight is 457 g/mol. The lowest BCUT2D eigenvalue weighted by Crippen LogP contribution is -2.47. The summed E-state index contributed by atoms with van der Waals surface area (Å²) in [6, 6.07) is 29.7. The van der Waals surface area contributed by atoms with Crippen molar-refractivity contribution in [1.82, 2.24) is 20.2 Å². The van der Waals surface area contributed by atoms with E-state index in [0.717, 1.165) is 54.0 Å². The van der Waals surface area contributed by atoms with E-state index < -0.39 is 0 Å². The van der Waals surface area contributed by atoms with Crippen molar-refractivity contribution in [3.63, 3.8) is 0 Å². The summed E-state index contributed by atoms with van der Waals surface area (Å²) >= 11 is 6.12. The first-order chi connectivity index (χ1) is 16.2. The molecule has 2 heterocycles. The molecule has 33 heavy (non-hydrogen) atoms. The number of hydrogen-bond donors (Lipinski definition) is 2. The van der Waals surface area contributed by atoms with Crippen molar-refractivity contribution in [1.29, 1.82) is 0 Å². The van der Waals surface area contributed by atoms with Crippen LogP contribution in [0.4, 0.5) is 0 Å². The third kappa shape index (κ3) is 4.74. The third-order valence-corrected chi connectivity index (χ3v) is 6.75. The van der Waals surface area contributed by atoms with Gasteiger partial charge in [0.25, 0.3) is 0 Å². The van der Waals surface area contributed by atoms with Crippen molar-refractivity contribution in [3.05, 3.63) is 112 Å². The lowest BCUT2D eigenvalue weighted by Gasteiger charge is -2.39. The SMILES string of the molecule is Cc1[nH]c(-c2ccc(Cl)cc2)nc1C(C(c1ccccc1)c1ccccc1)N1CCNCC1. The van der Waals surface area contributed by atoms with Gasteiger partial charge in [0.05, 0.1) is 11.7 Å². The molecule has 1 atom stereocenters. The molecule has 0 bridgehead atoms. The number of piperazine rings is 1. The Labute approximate surface area is 200 Å². The fourth-order valence-corrected chi connectivity index (χ4v) is 5.01. The highest BCUT2D eigenvalue weighted by atomic mass is 35.5. The van der Waals surface area contributed by atoms with E-state index in [1.54, 1.807) is 0 Å². The van der Waals surface area contributed by atoms with Crippen LogP contribution in [0.15, 0.2) is 84.9 Å². The van der Waals surface area contributed by atoms with E-state index in [1.807, 2.05) is 24.3 Å². The summed E-state index contributed by atoms with van der Waals surface area (Å²) in [7, 11) is 0. The second kappa shape index (κ2) is 9.92. The molecule has 1 saturated heterocycles. The van der Waals surface area contributed by atoms with Crippen LogP contribution in [0.1, 0.15) is 34.5 Å². The van der Waals surface area contributed by atoms with Crippen molar-refractivity contribution in [2.75, 3.05) is 26.2 Å². The van der Waals surface area contributed by atoms with Crippen LogP contribution in [-0.2, 0) is 0 Å². The first-order valence-corrected chi connectivity index (χ1v) is 12.0. The molecule has 1 unspecified atom stereocenters. The van der Waals surface area contributed by atoms with Gasteiger partial charge in [-0.25, -0.2) is 4.98 Å². The molecule has 4 nitrogen and oxygen atoms in total. The molecule has 1 aromatic heterocycles. The molecule has 5 heteroatoms. The van der Waals surface area contributed by atoms with Crippen LogP contribution in [0, 0.1) is 6.92 Å². The molecule has 5 rings (SSSR count). The Balaban J connectivity index is 1.65. The van der Waals surface area contributed by atoms with E-state index in [0.29, 0.717) is 0 Å². The van der Waals surface area contributed by atoms with Gasteiger partial charge in [-0.1, -0.05) is 72.3 Å². The highest BCUT2D eigenvalue weighted by Crippen LogP contribution is 2.42. The summed E-state index contributed by atoms with van der Waals surface area (Å²) in [5.41, 5.74) is 5.88. The number of aryl methyl sites for hydroxylation is 1. The van der Waals surface area contributed by atoms with Gasteiger partial charge < -0.3 is 10.3 Å². The molecule has 1 fully saturated rings. The van der Waals surface area contributed by atoms with Gasteiger partial charge in [0.2, 0.25) is 0 Å². The van der Waals surface area contributed by atoms with E-state index >= 15 is 0 Å². The maximum Gasteiger partial charge on any atom is 0.137 e. The van der Waals surface area contributed by atoms with E-state index in [-0.39, 0.29) is 12.0 Å². The number of H-pyrrole nitrogens is 1. The second-order valence-corrected chi connectivity index (χ2v) is 9.07. The first-order valence-electron chi connectivity index (χ1n) is 11.6. The molecule has 0 radical (unpaired) electrons. The lowest BCUT2D eigenvalue weighted by molar-refractivity contribution is 0.156. The molecule has 0 amide bonds. The van der Waals surface area contributed by atoms with Crippen LogP contribution < -0.4 is 5.32 Å². The Bertz CT molecular complexity index is 1130. The van der Waals surface area contributed by atoms with E-state index in [9.17, 15) is 0 Å². The predicted molar refractivity (Wildman–Crippen MR) is 136 cm³/mol. The minimum Gasteiger partial charge on any atom is -0.342 e. The summed E-state index contributed by atoms with van der Waals surface area (Å²) < 4.78 is 0. The average Bonchev–Trinajstić information content (AvgIpc) is 3.25. The highest BCUT2D eigenvalue weighted by Gasteiger charge is 2.35. The molecule has 1 aliphatic rings. The Morgan fingerprint density at radius 2 is 1.39 bits per heavy atom. The fourth-order valence-electron chi connectivity index (χ4n) is 4.89. The Hall–Kier alpha value is -2.92. The summed E-state index contributed by atoms with van der Waals surface area (Å²) in [6.45, 7) is 6.09. The van der Waals surface area contributed by atoms with Crippen molar-refractivity contribution < 1.29 is 0 Å². The summed E-state index contributed by atoms with van der Waals surface area (Å²) in [4.78, 5) is 11.4. The molecule has 4 aromatic rings. The minimum atomic E-state index is 0.120. The lowest BCUT2D eigenvalue weighted by atomic mass is 9.82. The van der Waals surface area contributed by atoms with Crippen LogP contribution in [0.2, 0.25) is 5.02 Å².